The summed E-state index contributed by atoms with van der Waals surface area (Å²) in [6.45, 7) is 46.3. The summed E-state index contributed by atoms with van der Waals surface area (Å²) < 4.78 is 6.99. The number of aryl methyl sites for hydroxylation is 6. The lowest BCUT2D eigenvalue weighted by atomic mass is 9.69. The van der Waals surface area contributed by atoms with E-state index in [0.717, 1.165) is 73.6 Å². The molecule has 426 valence electrons. The van der Waals surface area contributed by atoms with Gasteiger partial charge in [-0.15, -0.1) is 0 Å². The Morgan fingerprint density at radius 1 is 0.481 bits per heavy atom. The molecule has 5 heteroatoms. The first-order chi connectivity index (χ1) is 36.8. The minimum atomic E-state index is -1.86. The van der Waals surface area contributed by atoms with E-state index in [1.807, 2.05) is 36.4 Å². The molecule has 0 aliphatic carbocycles. The van der Waals surface area contributed by atoms with Gasteiger partial charge in [0.1, 0.15) is 0 Å². The van der Waals surface area contributed by atoms with Crippen LogP contribution >= 0.6 is 0 Å². The number of Topliss-reactive ketones (excluding diaryl/α,β-unsaturated/α-hetero) is 2. The molecule has 0 aromatic heterocycles. The van der Waals surface area contributed by atoms with Gasteiger partial charge in [-0.25, -0.2) is 0 Å². The third-order valence-electron chi connectivity index (χ3n) is 18.5. The topological polar surface area (TPSA) is 63.6 Å². The average Bonchev–Trinajstić information content (AvgIpc) is 3.38. The van der Waals surface area contributed by atoms with Crippen LogP contribution in [0.15, 0.2) is 121 Å². The number of carbonyl (C=O) groups is 2. The number of ketones is 2. The maximum absolute atomic E-state index is 12.0. The maximum atomic E-state index is 12.0. The van der Waals surface area contributed by atoms with E-state index in [0.29, 0.717) is 0 Å². The second-order valence-electron chi connectivity index (χ2n) is 26.9. The Morgan fingerprint density at radius 3 is 1.14 bits per heavy atom. The Bertz CT molecular complexity index is 3030. The summed E-state index contributed by atoms with van der Waals surface area (Å²) in [6, 6.07) is 43.8. The van der Waals surface area contributed by atoms with Crippen molar-refractivity contribution in [2.24, 2.45) is 10.8 Å². The summed E-state index contributed by atoms with van der Waals surface area (Å²) in [6.07, 6.45) is 7.77. The van der Waals surface area contributed by atoms with Crippen LogP contribution in [0.4, 0.5) is 0 Å². The number of hydrogen-bond donors (Lipinski definition) is 1. The fourth-order valence-electron chi connectivity index (χ4n) is 11.6. The summed E-state index contributed by atoms with van der Waals surface area (Å²) in [7, 11) is -1.86. The van der Waals surface area contributed by atoms with E-state index in [4.69, 9.17) is 4.43 Å². The second-order valence-corrected chi connectivity index (χ2v) is 31.6. The highest BCUT2D eigenvalue weighted by molar-refractivity contribution is 6.74. The lowest BCUT2D eigenvalue weighted by molar-refractivity contribution is 0.0559. The Hall–Kier alpha value is -5.20. The van der Waals surface area contributed by atoms with Crippen molar-refractivity contribution in [2.75, 3.05) is 0 Å². The molecule has 0 aliphatic rings. The zero-order chi connectivity index (χ0) is 59.1. The van der Waals surface area contributed by atoms with E-state index in [2.05, 4.69) is 216 Å². The molecule has 0 saturated carbocycles. The van der Waals surface area contributed by atoms with Crippen LogP contribution in [0.25, 0.3) is 22.3 Å². The van der Waals surface area contributed by atoms with E-state index >= 15 is 0 Å². The third kappa shape index (κ3) is 15.2. The van der Waals surface area contributed by atoms with Crippen LogP contribution in [0.3, 0.4) is 0 Å². The molecule has 1 N–H and O–H groups in total. The van der Waals surface area contributed by atoms with Gasteiger partial charge in [0.25, 0.3) is 0 Å². The smallest absolute Gasteiger partial charge is 0.192 e. The fraction of sp³-hybridized carbons (Fsp3) is 0.486. The average molecular weight is 1080 g/mol. The van der Waals surface area contributed by atoms with Crippen molar-refractivity contribution in [3.8, 4) is 22.3 Å². The van der Waals surface area contributed by atoms with Crippen LogP contribution in [0.2, 0.25) is 18.1 Å². The standard InChI is InChI=1S/C40H58O2Si.C34H44O2/c1-14-40(15-2,35-22-23-36(29(4)26-35)33-18-16-17-32(27-33)30(5)41)34-21-19-31(28(3)25-34)20-24-37(38(6,7)8)42-43(12,13)39(9,10)11;1-9-34(10-2,29-16-14-26(23(3)20-29)15-19-32(36)33(6,7)8)30-17-18-31(24(4)21-30)28-13-11-12-27(22-28)25(5)35/h16-19,21-23,25-27,37H,14-15,20,24H2,1-13H3;11-14,16-18,20-22,32,36H,9-10,15,19H2,1-8H3. The first-order valence-corrected chi connectivity index (χ1v) is 32.7. The Labute approximate surface area is 481 Å². The van der Waals surface area contributed by atoms with E-state index in [-0.39, 0.29) is 50.5 Å². The van der Waals surface area contributed by atoms with Crippen molar-refractivity contribution >= 4 is 19.9 Å². The Morgan fingerprint density at radius 2 is 0.835 bits per heavy atom. The number of rotatable bonds is 20. The minimum Gasteiger partial charge on any atom is -0.413 e. The van der Waals surface area contributed by atoms with Crippen molar-refractivity contribution in [3.63, 3.8) is 0 Å². The van der Waals surface area contributed by atoms with Gasteiger partial charge in [-0.2, -0.15) is 0 Å². The molecule has 0 saturated heterocycles. The minimum absolute atomic E-state index is 0.0484. The van der Waals surface area contributed by atoms with Gasteiger partial charge in [0.2, 0.25) is 0 Å². The first kappa shape index (κ1) is 64.6. The zero-order valence-corrected chi connectivity index (χ0v) is 54.0. The van der Waals surface area contributed by atoms with E-state index < -0.39 is 8.32 Å². The Balaban J connectivity index is 0.000000295. The summed E-state index contributed by atoms with van der Waals surface area (Å²) in [5.74, 6) is 0.191. The molecule has 4 nitrogen and oxygen atoms in total. The molecule has 0 bridgehead atoms. The number of carbonyl (C=O) groups excluding carboxylic acids is 2. The van der Waals surface area contributed by atoms with Gasteiger partial charge in [0.15, 0.2) is 19.9 Å². The predicted octanol–water partition coefficient (Wildman–Crippen LogP) is 20.3. The summed E-state index contributed by atoms with van der Waals surface area (Å²) in [5.41, 5.74) is 19.3. The molecule has 0 amide bonds. The molecular weight excluding hydrogens is 981 g/mol. The van der Waals surface area contributed by atoms with Crippen molar-refractivity contribution in [2.45, 2.75) is 224 Å². The van der Waals surface area contributed by atoms with E-state index in [9.17, 15) is 14.7 Å². The van der Waals surface area contributed by atoms with Gasteiger partial charge in [-0.1, -0.05) is 199 Å². The van der Waals surface area contributed by atoms with Crippen molar-refractivity contribution < 1.29 is 19.1 Å². The quantitative estimate of drug-likeness (QED) is 0.0611. The first-order valence-electron chi connectivity index (χ1n) is 29.8. The molecule has 0 aliphatic heterocycles. The molecule has 6 aromatic carbocycles. The van der Waals surface area contributed by atoms with Crippen LogP contribution < -0.4 is 0 Å². The molecule has 0 fully saturated rings. The van der Waals surface area contributed by atoms with Gasteiger partial charge in [-0.3, -0.25) is 9.59 Å². The second kappa shape index (κ2) is 26.1. The number of aliphatic hydroxyl groups excluding tert-OH is 1. The predicted molar refractivity (Wildman–Crippen MR) is 342 cm³/mol. The van der Waals surface area contributed by atoms with Gasteiger partial charge in [-0.05, 0) is 212 Å². The molecule has 0 radical (unpaired) electrons. The van der Waals surface area contributed by atoms with E-state index in [1.165, 1.54) is 66.8 Å². The molecule has 2 atom stereocenters. The van der Waals surface area contributed by atoms with Gasteiger partial charge in [0.05, 0.1) is 12.2 Å². The van der Waals surface area contributed by atoms with Crippen molar-refractivity contribution in [3.05, 3.63) is 188 Å². The highest BCUT2D eigenvalue weighted by atomic mass is 28.4. The fourth-order valence-corrected chi connectivity index (χ4v) is 13.1. The zero-order valence-electron chi connectivity index (χ0n) is 53.0. The van der Waals surface area contributed by atoms with Gasteiger partial charge in [0, 0.05) is 22.0 Å². The van der Waals surface area contributed by atoms with Crippen LogP contribution in [-0.4, -0.2) is 37.2 Å². The van der Waals surface area contributed by atoms with Gasteiger partial charge >= 0.3 is 0 Å². The summed E-state index contributed by atoms with van der Waals surface area (Å²) in [5, 5.41) is 10.7. The molecule has 6 rings (SSSR count). The number of benzene rings is 6. The lowest BCUT2D eigenvalue weighted by Crippen LogP contribution is -2.47. The van der Waals surface area contributed by atoms with E-state index in [1.54, 1.807) is 13.8 Å². The third-order valence-corrected chi connectivity index (χ3v) is 23.0. The normalized spacial score (nSPS) is 13.4. The monoisotopic (exact) mass is 1080 g/mol. The highest BCUT2D eigenvalue weighted by Gasteiger charge is 2.42. The number of aliphatic hydroxyl groups is 1. The molecule has 6 aromatic rings. The van der Waals surface area contributed by atoms with Crippen molar-refractivity contribution in [1.29, 1.82) is 0 Å². The summed E-state index contributed by atoms with van der Waals surface area (Å²) in [4.78, 5) is 23.9. The maximum Gasteiger partial charge on any atom is 0.192 e. The van der Waals surface area contributed by atoms with Crippen LogP contribution in [0.1, 0.15) is 219 Å². The largest absolute Gasteiger partial charge is 0.413 e. The SMILES string of the molecule is CCC(CC)(c1ccc(CCC(O)C(C)(C)C)c(C)c1)c1ccc(-c2cccc(C(C)=O)c2)c(C)c1.CCC(CC)(c1ccc(CCC(O[Si](C)(C)C(C)(C)C)C(C)(C)C)c(C)c1)c1ccc(-c2cccc(C(C)=O)c2)c(C)c1. The van der Waals surface area contributed by atoms with Crippen molar-refractivity contribution in [1.82, 2.24) is 0 Å². The Kier molecular flexibility index (Phi) is 21.4. The molecule has 2 unspecified atom stereocenters. The molecule has 0 heterocycles. The number of hydrogen-bond acceptors (Lipinski definition) is 4. The molecular formula is C74H102O4Si. The molecule has 79 heavy (non-hydrogen) atoms. The van der Waals surface area contributed by atoms with Gasteiger partial charge < -0.3 is 9.53 Å². The van der Waals surface area contributed by atoms with Crippen LogP contribution in [0, 0.1) is 38.5 Å². The lowest BCUT2D eigenvalue weighted by Gasteiger charge is -2.43. The van der Waals surface area contributed by atoms with Crippen LogP contribution in [-0.2, 0) is 28.1 Å². The molecule has 0 spiro atoms. The highest BCUT2D eigenvalue weighted by Crippen LogP contribution is 2.45. The van der Waals surface area contributed by atoms with Crippen LogP contribution in [0.5, 0.6) is 0 Å². The summed E-state index contributed by atoms with van der Waals surface area (Å²) >= 11 is 0.